The zero-order valence-corrected chi connectivity index (χ0v) is 11.8. The third-order valence-corrected chi connectivity index (χ3v) is 4.71. The number of aliphatic hydroxyl groups is 1. The lowest BCUT2D eigenvalue weighted by Gasteiger charge is -2.48. The molecule has 0 aliphatic carbocycles. The highest BCUT2D eigenvalue weighted by molar-refractivity contribution is 5.39. The van der Waals surface area contributed by atoms with Crippen LogP contribution in [0.5, 0.6) is 5.75 Å². The van der Waals surface area contributed by atoms with E-state index in [4.69, 9.17) is 4.74 Å². The number of piperidine rings is 1. The van der Waals surface area contributed by atoms with Gasteiger partial charge in [0.2, 0.25) is 0 Å². The van der Waals surface area contributed by atoms with Gasteiger partial charge in [0.25, 0.3) is 0 Å². The van der Waals surface area contributed by atoms with Gasteiger partial charge in [-0.2, -0.15) is 5.26 Å². The summed E-state index contributed by atoms with van der Waals surface area (Å²) in [7, 11) is 1.99. The average molecular weight is 272 g/mol. The lowest BCUT2D eigenvalue weighted by molar-refractivity contribution is -0.116. The molecule has 1 fully saturated rings. The number of nitriles is 1. The van der Waals surface area contributed by atoms with Gasteiger partial charge < -0.3 is 14.7 Å². The number of hydrogen-bond acceptors (Lipinski definition) is 4. The Balaban J connectivity index is 1.96. The average Bonchev–Trinajstić information content (AvgIpc) is 2.46. The zero-order chi connectivity index (χ0) is 14.2. The standard InChI is InChI=1S/C16H20N2O2/c1-18-8-4-7-16(19,11-18)15(10-17)9-13-5-2-3-6-14(13)20-12-15/h2-3,5-6,19H,4,7-9,11-12H2,1H3. The number of rotatable bonds is 1. The topological polar surface area (TPSA) is 56.5 Å². The van der Waals surface area contributed by atoms with Crippen LogP contribution in [0, 0.1) is 16.7 Å². The van der Waals surface area contributed by atoms with Gasteiger partial charge in [-0.15, -0.1) is 0 Å². The van der Waals surface area contributed by atoms with Crippen LogP contribution in [0.15, 0.2) is 24.3 Å². The predicted octanol–water partition coefficient (Wildman–Crippen LogP) is 1.59. The minimum atomic E-state index is -0.998. The predicted molar refractivity (Wildman–Crippen MR) is 75.4 cm³/mol. The molecule has 1 aromatic carbocycles. The quantitative estimate of drug-likeness (QED) is 0.843. The Morgan fingerprint density at radius 3 is 2.95 bits per heavy atom. The van der Waals surface area contributed by atoms with E-state index in [-0.39, 0.29) is 6.61 Å². The molecule has 0 spiro atoms. The Hall–Kier alpha value is -1.57. The molecule has 2 aliphatic heterocycles. The van der Waals surface area contributed by atoms with Gasteiger partial charge in [-0.3, -0.25) is 0 Å². The molecule has 106 valence electrons. The van der Waals surface area contributed by atoms with Crippen molar-refractivity contribution in [3.8, 4) is 11.8 Å². The molecule has 4 heteroatoms. The van der Waals surface area contributed by atoms with Crippen LogP contribution in [0.3, 0.4) is 0 Å². The van der Waals surface area contributed by atoms with Crippen LogP contribution in [0.4, 0.5) is 0 Å². The summed E-state index contributed by atoms with van der Waals surface area (Å²) < 4.78 is 5.78. The highest BCUT2D eigenvalue weighted by Gasteiger charge is 2.54. The molecule has 4 nitrogen and oxygen atoms in total. The lowest BCUT2D eigenvalue weighted by atomic mass is 9.65. The molecule has 1 saturated heterocycles. The van der Waals surface area contributed by atoms with E-state index in [0.717, 1.165) is 24.3 Å². The summed E-state index contributed by atoms with van der Waals surface area (Å²) in [5.74, 6) is 0.839. The van der Waals surface area contributed by atoms with Crippen molar-refractivity contribution < 1.29 is 9.84 Å². The maximum absolute atomic E-state index is 11.1. The highest BCUT2D eigenvalue weighted by atomic mass is 16.5. The second-order valence-corrected chi connectivity index (χ2v) is 6.14. The van der Waals surface area contributed by atoms with Crippen molar-refractivity contribution in [1.29, 1.82) is 5.26 Å². The van der Waals surface area contributed by atoms with E-state index in [1.165, 1.54) is 0 Å². The van der Waals surface area contributed by atoms with Gasteiger partial charge in [0, 0.05) is 13.0 Å². The number of nitrogens with zero attached hydrogens (tertiary/aromatic N) is 2. The number of benzene rings is 1. The monoisotopic (exact) mass is 272 g/mol. The molecular weight excluding hydrogens is 252 g/mol. The number of β-amino-alcohol motifs (C(OH)–C–C–N with tert-alkyl or cyclic N) is 1. The summed E-state index contributed by atoms with van der Waals surface area (Å²) in [6.07, 6.45) is 2.14. The second-order valence-electron chi connectivity index (χ2n) is 6.14. The number of para-hydroxylation sites is 1. The van der Waals surface area contributed by atoms with Crippen molar-refractivity contribution in [2.45, 2.75) is 24.9 Å². The van der Waals surface area contributed by atoms with Gasteiger partial charge in [-0.05, 0) is 38.1 Å². The van der Waals surface area contributed by atoms with E-state index in [1.54, 1.807) is 0 Å². The summed E-state index contributed by atoms with van der Waals surface area (Å²) in [6.45, 7) is 1.78. The molecule has 1 aromatic rings. The molecule has 3 rings (SSSR count). The van der Waals surface area contributed by atoms with Crippen molar-refractivity contribution in [2.75, 3.05) is 26.7 Å². The highest BCUT2D eigenvalue weighted by Crippen LogP contribution is 2.45. The van der Waals surface area contributed by atoms with Crippen LogP contribution in [-0.4, -0.2) is 42.4 Å². The Kier molecular flexibility index (Phi) is 3.19. The number of likely N-dealkylation sites (tertiary alicyclic amines) is 1. The van der Waals surface area contributed by atoms with Crippen LogP contribution >= 0.6 is 0 Å². The van der Waals surface area contributed by atoms with Crippen LogP contribution in [-0.2, 0) is 6.42 Å². The Labute approximate surface area is 119 Å². The molecular formula is C16H20N2O2. The van der Waals surface area contributed by atoms with Gasteiger partial charge in [0.1, 0.15) is 17.8 Å². The molecule has 0 amide bonds. The van der Waals surface area contributed by atoms with E-state index in [9.17, 15) is 10.4 Å². The van der Waals surface area contributed by atoms with Crippen LogP contribution in [0.25, 0.3) is 0 Å². The molecule has 2 heterocycles. The fraction of sp³-hybridized carbons (Fsp3) is 0.562. The first-order valence-electron chi connectivity index (χ1n) is 7.11. The van der Waals surface area contributed by atoms with Crippen LogP contribution in [0.1, 0.15) is 18.4 Å². The Bertz CT molecular complexity index is 554. The first-order valence-corrected chi connectivity index (χ1v) is 7.11. The second kappa shape index (κ2) is 4.76. The molecule has 0 bridgehead atoms. The van der Waals surface area contributed by atoms with Crippen LogP contribution < -0.4 is 4.74 Å². The molecule has 0 radical (unpaired) electrons. The molecule has 0 saturated carbocycles. The summed E-state index contributed by atoms with van der Waals surface area (Å²) in [6, 6.07) is 10.2. The number of likely N-dealkylation sites (N-methyl/N-ethyl adjacent to an activating group) is 1. The smallest absolute Gasteiger partial charge is 0.125 e. The Morgan fingerprint density at radius 1 is 1.40 bits per heavy atom. The zero-order valence-electron chi connectivity index (χ0n) is 11.8. The largest absolute Gasteiger partial charge is 0.492 e. The third kappa shape index (κ3) is 1.98. The van der Waals surface area contributed by atoms with Gasteiger partial charge in [-0.1, -0.05) is 18.2 Å². The van der Waals surface area contributed by atoms with E-state index in [0.29, 0.717) is 19.4 Å². The van der Waals surface area contributed by atoms with E-state index in [1.807, 2.05) is 31.3 Å². The van der Waals surface area contributed by atoms with Crippen molar-refractivity contribution in [3.05, 3.63) is 29.8 Å². The van der Waals surface area contributed by atoms with Crippen molar-refractivity contribution >= 4 is 0 Å². The van der Waals surface area contributed by atoms with Crippen LogP contribution in [0.2, 0.25) is 0 Å². The first-order chi connectivity index (χ1) is 9.59. The fourth-order valence-corrected chi connectivity index (χ4v) is 3.48. The van der Waals surface area contributed by atoms with Gasteiger partial charge in [-0.25, -0.2) is 0 Å². The molecule has 20 heavy (non-hydrogen) atoms. The maximum atomic E-state index is 11.1. The van der Waals surface area contributed by atoms with Crippen molar-refractivity contribution in [3.63, 3.8) is 0 Å². The van der Waals surface area contributed by atoms with Crippen molar-refractivity contribution in [2.24, 2.45) is 5.41 Å². The molecule has 2 aliphatic rings. The van der Waals surface area contributed by atoms with E-state index >= 15 is 0 Å². The molecule has 1 N–H and O–H groups in total. The minimum absolute atomic E-state index is 0.269. The molecule has 0 aromatic heterocycles. The van der Waals surface area contributed by atoms with Gasteiger partial charge in [0.15, 0.2) is 0 Å². The molecule has 2 atom stereocenters. The SMILES string of the molecule is CN1CCCC(O)(C2(C#N)COc3ccccc3C2)C1. The number of fused-ring (bicyclic) bond motifs is 1. The lowest BCUT2D eigenvalue weighted by Crippen LogP contribution is -2.61. The van der Waals surface area contributed by atoms with E-state index in [2.05, 4.69) is 11.0 Å². The molecule has 2 unspecified atom stereocenters. The fourth-order valence-electron chi connectivity index (χ4n) is 3.48. The number of ether oxygens (including phenoxy) is 1. The maximum Gasteiger partial charge on any atom is 0.125 e. The van der Waals surface area contributed by atoms with E-state index < -0.39 is 11.0 Å². The summed E-state index contributed by atoms with van der Waals surface area (Å²) in [4.78, 5) is 2.10. The minimum Gasteiger partial charge on any atom is -0.492 e. The summed E-state index contributed by atoms with van der Waals surface area (Å²) in [5, 5.41) is 20.9. The number of hydrogen-bond donors (Lipinski definition) is 1. The van der Waals surface area contributed by atoms with Crippen molar-refractivity contribution in [1.82, 2.24) is 4.90 Å². The summed E-state index contributed by atoms with van der Waals surface area (Å²) in [5.41, 5.74) is -0.833. The normalized spacial score (nSPS) is 33.9. The van der Waals surface area contributed by atoms with Gasteiger partial charge in [0.05, 0.1) is 11.7 Å². The Morgan fingerprint density at radius 2 is 2.20 bits per heavy atom. The first kappa shape index (κ1) is 13.4. The summed E-state index contributed by atoms with van der Waals surface area (Å²) >= 11 is 0. The van der Waals surface area contributed by atoms with Gasteiger partial charge >= 0.3 is 0 Å². The third-order valence-electron chi connectivity index (χ3n) is 4.71.